The molecule has 0 bridgehead atoms. The SMILES string of the molecule is CCOc1cc(/C=C2/N=C(c3ccc(C)cc3)OC2=O)ccc1O. The molecule has 0 aliphatic carbocycles. The van der Waals surface area contributed by atoms with Crippen LogP contribution in [0.5, 0.6) is 11.5 Å². The molecule has 0 radical (unpaired) electrons. The number of carbonyl (C=O) groups is 1. The van der Waals surface area contributed by atoms with E-state index in [4.69, 9.17) is 9.47 Å². The largest absolute Gasteiger partial charge is 0.504 e. The number of hydrogen-bond acceptors (Lipinski definition) is 5. The lowest BCUT2D eigenvalue weighted by Crippen LogP contribution is -2.05. The van der Waals surface area contributed by atoms with Gasteiger partial charge in [-0.05, 0) is 49.8 Å². The molecule has 24 heavy (non-hydrogen) atoms. The Kier molecular flexibility index (Phi) is 4.33. The number of phenols is 1. The van der Waals surface area contributed by atoms with Crippen LogP contribution >= 0.6 is 0 Å². The van der Waals surface area contributed by atoms with Crippen molar-refractivity contribution in [2.45, 2.75) is 13.8 Å². The number of aromatic hydroxyl groups is 1. The molecule has 1 heterocycles. The summed E-state index contributed by atoms with van der Waals surface area (Å²) in [7, 11) is 0. The minimum atomic E-state index is -0.503. The molecule has 0 amide bonds. The van der Waals surface area contributed by atoms with Crippen LogP contribution in [0.1, 0.15) is 23.6 Å². The molecule has 1 N–H and O–H groups in total. The zero-order chi connectivity index (χ0) is 17.1. The highest BCUT2D eigenvalue weighted by atomic mass is 16.6. The number of phenolic OH excluding ortho intramolecular Hbond substituents is 1. The van der Waals surface area contributed by atoms with E-state index in [1.807, 2.05) is 38.1 Å². The second kappa shape index (κ2) is 6.58. The summed E-state index contributed by atoms with van der Waals surface area (Å²) in [5, 5.41) is 9.73. The van der Waals surface area contributed by atoms with E-state index in [-0.39, 0.29) is 17.3 Å². The minimum Gasteiger partial charge on any atom is -0.504 e. The molecule has 5 heteroatoms. The van der Waals surface area contributed by atoms with Gasteiger partial charge in [0.25, 0.3) is 0 Å². The van der Waals surface area contributed by atoms with E-state index < -0.39 is 5.97 Å². The smallest absolute Gasteiger partial charge is 0.363 e. The number of aryl methyl sites for hydroxylation is 1. The minimum absolute atomic E-state index is 0.0526. The maximum atomic E-state index is 12.0. The van der Waals surface area contributed by atoms with Gasteiger partial charge in [-0.2, -0.15) is 0 Å². The van der Waals surface area contributed by atoms with Crippen LogP contribution in [-0.4, -0.2) is 23.6 Å². The van der Waals surface area contributed by atoms with Gasteiger partial charge in [-0.25, -0.2) is 9.79 Å². The van der Waals surface area contributed by atoms with Crippen molar-refractivity contribution >= 4 is 17.9 Å². The fourth-order valence-corrected chi connectivity index (χ4v) is 2.28. The molecule has 5 nitrogen and oxygen atoms in total. The van der Waals surface area contributed by atoms with E-state index >= 15 is 0 Å². The third-order valence-corrected chi connectivity index (χ3v) is 3.51. The first kappa shape index (κ1) is 15.8. The highest BCUT2D eigenvalue weighted by Crippen LogP contribution is 2.28. The van der Waals surface area contributed by atoms with Gasteiger partial charge in [-0.1, -0.05) is 23.8 Å². The maximum absolute atomic E-state index is 12.0. The van der Waals surface area contributed by atoms with E-state index in [0.29, 0.717) is 17.9 Å². The van der Waals surface area contributed by atoms with Gasteiger partial charge in [0.15, 0.2) is 17.2 Å². The molecule has 0 atom stereocenters. The Balaban J connectivity index is 1.91. The molecule has 1 aliphatic heterocycles. The average Bonchev–Trinajstić information content (AvgIpc) is 2.92. The molecule has 2 aromatic rings. The van der Waals surface area contributed by atoms with E-state index in [1.54, 1.807) is 18.2 Å². The Morgan fingerprint density at radius 1 is 1.21 bits per heavy atom. The van der Waals surface area contributed by atoms with Gasteiger partial charge in [0.1, 0.15) is 0 Å². The third kappa shape index (κ3) is 3.30. The first-order valence-electron chi connectivity index (χ1n) is 7.62. The normalized spacial score (nSPS) is 15.3. The van der Waals surface area contributed by atoms with E-state index in [2.05, 4.69) is 4.99 Å². The van der Waals surface area contributed by atoms with E-state index in [9.17, 15) is 9.90 Å². The molecule has 0 spiro atoms. The summed E-state index contributed by atoms with van der Waals surface area (Å²) >= 11 is 0. The highest BCUT2D eigenvalue weighted by molar-refractivity contribution is 6.12. The Morgan fingerprint density at radius 3 is 2.67 bits per heavy atom. The lowest BCUT2D eigenvalue weighted by molar-refractivity contribution is -0.129. The summed E-state index contributed by atoms with van der Waals surface area (Å²) in [6.07, 6.45) is 1.60. The maximum Gasteiger partial charge on any atom is 0.363 e. The topological polar surface area (TPSA) is 68.1 Å². The number of benzene rings is 2. The summed E-state index contributed by atoms with van der Waals surface area (Å²) in [6.45, 7) is 4.25. The summed E-state index contributed by atoms with van der Waals surface area (Å²) in [4.78, 5) is 16.3. The van der Waals surface area contributed by atoms with Crippen LogP contribution in [0.25, 0.3) is 6.08 Å². The van der Waals surface area contributed by atoms with Crippen molar-refractivity contribution in [2.75, 3.05) is 6.61 Å². The first-order valence-corrected chi connectivity index (χ1v) is 7.62. The standard InChI is InChI=1S/C19H17NO4/c1-3-23-17-11-13(6-9-16(17)21)10-15-19(22)24-18(20-15)14-7-4-12(2)5-8-14/h4-11,21H,3H2,1-2H3/b15-10+. The Hall–Kier alpha value is -3.08. The Morgan fingerprint density at radius 2 is 1.96 bits per heavy atom. The van der Waals surface area contributed by atoms with Crippen molar-refractivity contribution in [1.29, 1.82) is 0 Å². The Bertz CT molecular complexity index is 835. The molecule has 0 saturated heterocycles. The average molecular weight is 323 g/mol. The Labute approximate surface area is 139 Å². The number of ether oxygens (including phenoxy) is 2. The zero-order valence-corrected chi connectivity index (χ0v) is 13.4. The van der Waals surface area contributed by atoms with E-state index in [0.717, 1.165) is 11.1 Å². The molecule has 0 unspecified atom stereocenters. The predicted octanol–water partition coefficient (Wildman–Crippen LogP) is 3.44. The van der Waals surface area contributed by atoms with Crippen LogP contribution in [0.2, 0.25) is 0 Å². The molecule has 1 aliphatic rings. The molecule has 0 fully saturated rings. The number of rotatable bonds is 4. The van der Waals surface area contributed by atoms with Crippen molar-refractivity contribution in [3.63, 3.8) is 0 Å². The lowest BCUT2D eigenvalue weighted by atomic mass is 10.1. The first-order chi connectivity index (χ1) is 11.6. The van der Waals surface area contributed by atoms with Crippen LogP contribution in [0, 0.1) is 6.92 Å². The molecule has 2 aromatic carbocycles. The number of esters is 1. The number of nitrogens with zero attached hydrogens (tertiary/aromatic N) is 1. The van der Waals surface area contributed by atoms with Crippen molar-refractivity contribution in [2.24, 2.45) is 4.99 Å². The quantitative estimate of drug-likeness (QED) is 0.691. The number of hydrogen-bond donors (Lipinski definition) is 1. The van der Waals surface area contributed by atoms with Gasteiger partial charge in [0.05, 0.1) is 6.61 Å². The van der Waals surface area contributed by atoms with Crippen LogP contribution in [0.15, 0.2) is 53.2 Å². The molecule has 0 aromatic heterocycles. The molecular weight excluding hydrogens is 306 g/mol. The van der Waals surface area contributed by atoms with Gasteiger partial charge in [0, 0.05) is 5.56 Å². The van der Waals surface area contributed by atoms with Gasteiger partial charge < -0.3 is 14.6 Å². The van der Waals surface area contributed by atoms with E-state index in [1.165, 1.54) is 6.07 Å². The number of aliphatic imine (C=N–C) groups is 1. The summed E-state index contributed by atoms with van der Waals surface area (Å²) in [5.41, 5.74) is 2.76. The van der Waals surface area contributed by atoms with Crippen LogP contribution in [0.3, 0.4) is 0 Å². The lowest BCUT2D eigenvalue weighted by Gasteiger charge is -2.06. The van der Waals surface area contributed by atoms with Crippen molar-refractivity contribution in [3.05, 3.63) is 64.9 Å². The summed E-state index contributed by atoms with van der Waals surface area (Å²) < 4.78 is 10.6. The fourth-order valence-electron chi connectivity index (χ4n) is 2.28. The molecule has 3 rings (SSSR count). The monoisotopic (exact) mass is 323 g/mol. The van der Waals surface area contributed by atoms with Gasteiger partial charge in [0.2, 0.25) is 5.90 Å². The van der Waals surface area contributed by atoms with Gasteiger partial charge >= 0.3 is 5.97 Å². The van der Waals surface area contributed by atoms with Crippen LogP contribution in [0.4, 0.5) is 0 Å². The van der Waals surface area contributed by atoms with Crippen LogP contribution in [-0.2, 0) is 9.53 Å². The summed E-state index contributed by atoms with van der Waals surface area (Å²) in [5.74, 6) is 0.199. The predicted molar refractivity (Wildman–Crippen MR) is 91.1 cm³/mol. The number of cyclic esters (lactones) is 1. The second-order valence-corrected chi connectivity index (χ2v) is 5.36. The van der Waals surface area contributed by atoms with Crippen molar-refractivity contribution < 1.29 is 19.4 Å². The molecular formula is C19H17NO4. The summed E-state index contributed by atoms with van der Waals surface area (Å²) in [6, 6.07) is 12.4. The van der Waals surface area contributed by atoms with Crippen molar-refractivity contribution in [3.8, 4) is 11.5 Å². The fraction of sp³-hybridized carbons (Fsp3) is 0.158. The van der Waals surface area contributed by atoms with Gasteiger partial charge in [-0.15, -0.1) is 0 Å². The van der Waals surface area contributed by atoms with Gasteiger partial charge in [-0.3, -0.25) is 0 Å². The molecule has 0 saturated carbocycles. The zero-order valence-electron chi connectivity index (χ0n) is 13.4. The van der Waals surface area contributed by atoms with Crippen LogP contribution < -0.4 is 4.74 Å². The molecule has 122 valence electrons. The second-order valence-electron chi connectivity index (χ2n) is 5.36. The third-order valence-electron chi connectivity index (χ3n) is 3.51. The van der Waals surface area contributed by atoms with Crippen molar-refractivity contribution in [1.82, 2.24) is 0 Å². The number of carbonyl (C=O) groups excluding carboxylic acids is 1. The highest BCUT2D eigenvalue weighted by Gasteiger charge is 2.24.